The first kappa shape index (κ1) is 29.7. The van der Waals surface area contributed by atoms with Crippen molar-refractivity contribution >= 4 is 27.5 Å². The van der Waals surface area contributed by atoms with Crippen LogP contribution in [0.1, 0.15) is 37.0 Å². The van der Waals surface area contributed by atoms with E-state index in [2.05, 4.69) is 5.32 Å². The molecule has 2 amide bonds. The highest BCUT2D eigenvalue weighted by molar-refractivity contribution is 7.92. The van der Waals surface area contributed by atoms with E-state index in [1.54, 1.807) is 55.6 Å². The maximum Gasteiger partial charge on any atom is 0.264 e. The molecule has 8 nitrogen and oxygen atoms in total. The molecule has 0 unspecified atom stereocenters. The molecule has 1 atom stereocenters. The number of hydrogen-bond acceptors (Lipinski definition) is 5. The van der Waals surface area contributed by atoms with Gasteiger partial charge in [0.2, 0.25) is 11.8 Å². The first-order chi connectivity index (χ1) is 18.7. The van der Waals surface area contributed by atoms with Crippen molar-refractivity contribution < 1.29 is 22.7 Å². The van der Waals surface area contributed by atoms with Crippen molar-refractivity contribution in [1.82, 2.24) is 10.2 Å². The van der Waals surface area contributed by atoms with Crippen molar-refractivity contribution in [1.29, 1.82) is 0 Å². The largest absolute Gasteiger partial charge is 0.497 e. The molecule has 0 bridgehead atoms. The fourth-order valence-corrected chi connectivity index (χ4v) is 5.87. The number of nitrogens with zero attached hydrogens (tertiary/aromatic N) is 2. The molecule has 0 heterocycles. The lowest BCUT2D eigenvalue weighted by Gasteiger charge is -2.33. The van der Waals surface area contributed by atoms with Crippen LogP contribution in [0.3, 0.4) is 0 Å². The topological polar surface area (TPSA) is 96.0 Å². The van der Waals surface area contributed by atoms with Crippen LogP contribution in [0, 0.1) is 6.92 Å². The van der Waals surface area contributed by atoms with Crippen LogP contribution in [0.2, 0.25) is 0 Å². The standard InChI is InChI=1S/C30H37N3O5S/c1-6-24-10-8-9-11-28(24)33(39(36,37)26-18-12-22(3)13-19-26)21-29(34)32(27(7-2)30(35)31-4)20-23-14-16-25(38-5)17-15-23/h8-19,27H,6-7,20-21H2,1-5H3,(H,31,35)/t27-/m0/s1. The van der Waals surface area contributed by atoms with Crippen molar-refractivity contribution in [2.24, 2.45) is 0 Å². The molecule has 0 aliphatic rings. The second kappa shape index (κ2) is 13.3. The normalized spacial score (nSPS) is 11.9. The monoisotopic (exact) mass is 551 g/mol. The average molecular weight is 552 g/mol. The van der Waals surface area contributed by atoms with Crippen LogP contribution < -0.4 is 14.4 Å². The van der Waals surface area contributed by atoms with E-state index >= 15 is 0 Å². The van der Waals surface area contributed by atoms with Gasteiger partial charge < -0.3 is 15.0 Å². The van der Waals surface area contributed by atoms with E-state index in [1.807, 2.05) is 45.0 Å². The minimum absolute atomic E-state index is 0.0897. The van der Waals surface area contributed by atoms with Gasteiger partial charge in [-0.05, 0) is 61.2 Å². The summed E-state index contributed by atoms with van der Waals surface area (Å²) in [5.41, 5.74) is 2.94. The number of likely N-dealkylation sites (N-methyl/N-ethyl adjacent to an activating group) is 1. The molecule has 3 aromatic carbocycles. The number of methoxy groups -OCH3 is 1. The van der Waals surface area contributed by atoms with Crippen LogP contribution in [-0.4, -0.2) is 51.9 Å². The molecule has 0 saturated carbocycles. The van der Waals surface area contributed by atoms with E-state index in [0.29, 0.717) is 24.3 Å². The number of para-hydroxylation sites is 1. The predicted octanol–water partition coefficient (Wildman–Crippen LogP) is 4.31. The smallest absolute Gasteiger partial charge is 0.264 e. The number of anilines is 1. The summed E-state index contributed by atoms with van der Waals surface area (Å²) < 4.78 is 34.4. The fourth-order valence-electron chi connectivity index (χ4n) is 4.42. The zero-order chi connectivity index (χ0) is 28.6. The Morgan fingerprint density at radius 2 is 1.59 bits per heavy atom. The highest BCUT2D eigenvalue weighted by Gasteiger charge is 2.34. The Morgan fingerprint density at radius 1 is 0.949 bits per heavy atom. The van der Waals surface area contributed by atoms with E-state index < -0.39 is 28.5 Å². The van der Waals surface area contributed by atoms with Crippen molar-refractivity contribution in [3.63, 3.8) is 0 Å². The number of benzene rings is 3. The zero-order valence-corrected chi connectivity index (χ0v) is 24.0. The molecule has 3 rings (SSSR count). The summed E-state index contributed by atoms with van der Waals surface area (Å²) in [5, 5.41) is 2.64. The average Bonchev–Trinajstić information content (AvgIpc) is 2.95. The number of sulfonamides is 1. The second-order valence-corrected chi connectivity index (χ2v) is 11.1. The highest BCUT2D eigenvalue weighted by atomic mass is 32.2. The molecular formula is C30H37N3O5S. The number of ether oxygens (including phenoxy) is 1. The van der Waals surface area contributed by atoms with Crippen LogP contribution >= 0.6 is 0 Å². The fraction of sp³-hybridized carbons (Fsp3) is 0.333. The molecule has 208 valence electrons. The number of hydrogen-bond donors (Lipinski definition) is 1. The number of amides is 2. The van der Waals surface area contributed by atoms with Crippen molar-refractivity contribution in [2.75, 3.05) is 25.0 Å². The maximum absolute atomic E-state index is 14.0. The Balaban J connectivity index is 2.08. The summed E-state index contributed by atoms with van der Waals surface area (Å²) in [6, 6.07) is 20.1. The molecule has 0 spiro atoms. The molecule has 9 heteroatoms. The molecule has 3 aromatic rings. The van der Waals surface area contributed by atoms with Crippen molar-refractivity contribution in [2.45, 2.75) is 51.1 Å². The number of carbonyl (C=O) groups excluding carboxylic acids is 2. The number of carbonyl (C=O) groups is 2. The van der Waals surface area contributed by atoms with Gasteiger partial charge in [-0.15, -0.1) is 0 Å². The summed E-state index contributed by atoms with van der Waals surface area (Å²) in [6.45, 7) is 5.30. The summed E-state index contributed by atoms with van der Waals surface area (Å²) >= 11 is 0. The van der Waals surface area contributed by atoms with Gasteiger partial charge in [0.25, 0.3) is 10.0 Å². The quantitative estimate of drug-likeness (QED) is 0.362. The first-order valence-corrected chi connectivity index (χ1v) is 14.4. The van der Waals surface area contributed by atoms with Crippen molar-refractivity contribution in [3.05, 3.63) is 89.5 Å². The first-order valence-electron chi connectivity index (χ1n) is 13.0. The van der Waals surface area contributed by atoms with Gasteiger partial charge in [0.15, 0.2) is 0 Å². The van der Waals surface area contributed by atoms with Crippen LogP contribution in [0.25, 0.3) is 0 Å². The van der Waals surface area contributed by atoms with Crippen LogP contribution in [-0.2, 0) is 32.6 Å². The zero-order valence-electron chi connectivity index (χ0n) is 23.2. The van der Waals surface area contributed by atoms with Gasteiger partial charge in [-0.3, -0.25) is 13.9 Å². The maximum atomic E-state index is 14.0. The summed E-state index contributed by atoms with van der Waals surface area (Å²) in [5.74, 6) is -0.134. The Labute approximate surface area is 231 Å². The highest BCUT2D eigenvalue weighted by Crippen LogP contribution is 2.28. The van der Waals surface area contributed by atoms with E-state index in [-0.39, 0.29) is 17.3 Å². The Bertz CT molecular complexity index is 1370. The molecular weight excluding hydrogens is 514 g/mol. The van der Waals surface area contributed by atoms with Gasteiger partial charge in [0, 0.05) is 13.6 Å². The Kier molecular flexibility index (Phi) is 10.1. The molecule has 1 N–H and O–H groups in total. The summed E-state index contributed by atoms with van der Waals surface area (Å²) in [7, 11) is -1.01. The van der Waals surface area contributed by atoms with Crippen LogP contribution in [0.15, 0.2) is 77.7 Å². The number of nitrogens with one attached hydrogen (secondary N) is 1. The van der Waals surface area contributed by atoms with Gasteiger partial charge in [-0.1, -0.05) is 61.9 Å². The third-order valence-electron chi connectivity index (χ3n) is 6.67. The Morgan fingerprint density at radius 3 is 2.15 bits per heavy atom. The van der Waals surface area contributed by atoms with Gasteiger partial charge in [-0.25, -0.2) is 8.42 Å². The minimum atomic E-state index is -4.10. The predicted molar refractivity (Wildman–Crippen MR) is 153 cm³/mol. The summed E-state index contributed by atoms with van der Waals surface area (Å²) in [6.07, 6.45) is 0.938. The molecule has 0 aliphatic carbocycles. The summed E-state index contributed by atoms with van der Waals surface area (Å²) in [4.78, 5) is 28.4. The van der Waals surface area contributed by atoms with Gasteiger partial charge in [0.05, 0.1) is 17.7 Å². The number of rotatable bonds is 12. The van der Waals surface area contributed by atoms with Gasteiger partial charge in [0.1, 0.15) is 18.3 Å². The lowest BCUT2D eigenvalue weighted by molar-refractivity contribution is -0.140. The molecule has 0 aliphatic heterocycles. The molecule has 0 fully saturated rings. The van der Waals surface area contributed by atoms with E-state index in [0.717, 1.165) is 21.0 Å². The Hall–Kier alpha value is -3.85. The molecule has 0 radical (unpaired) electrons. The second-order valence-electron chi connectivity index (χ2n) is 9.22. The molecule has 39 heavy (non-hydrogen) atoms. The lowest BCUT2D eigenvalue weighted by Crippen LogP contribution is -2.51. The number of aryl methyl sites for hydroxylation is 2. The minimum Gasteiger partial charge on any atom is -0.497 e. The third kappa shape index (κ3) is 6.97. The molecule has 0 aromatic heterocycles. The molecule has 0 saturated heterocycles. The lowest BCUT2D eigenvalue weighted by atomic mass is 10.1. The van der Waals surface area contributed by atoms with E-state index in [9.17, 15) is 18.0 Å². The van der Waals surface area contributed by atoms with E-state index in [1.165, 1.54) is 11.9 Å². The SMILES string of the molecule is CCc1ccccc1N(CC(=O)N(Cc1ccc(OC)cc1)[C@@H](CC)C(=O)NC)S(=O)(=O)c1ccc(C)cc1. The van der Waals surface area contributed by atoms with Crippen molar-refractivity contribution in [3.8, 4) is 5.75 Å². The van der Waals surface area contributed by atoms with Gasteiger partial charge >= 0.3 is 0 Å². The third-order valence-corrected chi connectivity index (χ3v) is 8.45. The van der Waals surface area contributed by atoms with Crippen LogP contribution in [0.5, 0.6) is 5.75 Å². The van der Waals surface area contributed by atoms with Crippen LogP contribution in [0.4, 0.5) is 5.69 Å². The van der Waals surface area contributed by atoms with Gasteiger partial charge in [-0.2, -0.15) is 0 Å². The van der Waals surface area contributed by atoms with E-state index in [4.69, 9.17) is 4.74 Å².